The van der Waals surface area contributed by atoms with Crippen LogP contribution in [0.15, 0.2) is 30.3 Å². The second-order valence-electron chi connectivity index (χ2n) is 9.27. The van der Waals surface area contributed by atoms with E-state index in [9.17, 15) is 14.0 Å². The Bertz CT molecular complexity index is 741. The number of nitrogens with zero attached hydrogens (tertiary/aromatic N) is 1. The van der Waals surface area contributed by atoms with E-state index in [1.165, 1.54) is 17.0 Å². The van der Waals surface area contributed by atoms with Crippen LogP contribution in [-0.2, 0) is 14.3 Å². The van der Waals surface area contributed by atoms with Gasteiger partial charge in [-0.05, 0) is 49.5 Å². The Labute approximate surface area is 166 Å². The van der Waals surface area contributed by atoms with E-state index in [1.54, 1.807) is 32.9 Å². The molecule has 0 radical (unpaired) electrons. The van der Waals surface area contributed by atoms with Gasteiger partial charge < -0.3 is 14.4 Å². The summed E-state index contributed by atoms with van der Waals surface area (Å²) in [7, 11) is 0. The standard InChI is InChI=1S/C22H30FNO4/c1-21(2,3)14-27-19(25)18-13-24(20(26)28-22(4,5)6)12-11-17(18)15-7-9-16(23)10-8-15/h7-11,18H,12-14H2,1-6H3/t18-/m1/s1. The summed E-state index contributed by atoms with van der Waals surface area (Å²) >= 11 is 0. The molecule has 6 heteroatoms. The summed E-state index contributed by atoms with van der Waals surface area (Å²) in [5.41, 5.74) is 0.677. The maximum atomic E-state index is 13.3. The fourth-order valence-electron chi connectivity index (χ4n) is 2.77. The predicted octanol–water partition coefficient (Wildman–Crippen LogP) is 4.67. The Hall–Kier alpha value is -2.37. The first-order valence-corrected chi connectivity index (χ1v) is 9.46. The minimum absolute atomic E-state index is 0.154. The lowest BCUT2D eigenvalue weighted by Gasteiger charge is -2.33. The Morgan fingerprint density at radius 1 is 1.11 bits per heavy atom. The summed E-state index contributed by atoms with van der Waals surface area (Å²) in [5.74, 6) is -1.41. The molecule has 1 heterocycles. The molecule has 1 aliphatic heterocycles. The molecule has 1 aromatic carbocycles. The van der Waals surface area contributed by atoms with Crippen LogP contribution < -0.4 is 0 Å². The van der Waals surface area contributed by atoms with Crippen LogP contribution >= 0.6 is 0 Å². The van der Waals surface area contributed by atoms with Crippen molar-refractivity contribution in [3.63, 3.8) is 0 Å². The van der Waals surface area contributed by atoms with Crippen molar-refractivity contribution >= 4 is 17.6 Å². The second kappa shape index (κ2) is 8.33. The Morgan fingerprint density at radius 2 is 1.71 bits per heavy atom. The summed E-state index contributed by atoms with van der Waals surface area (Å²) in [6, 6.07) is 5.98. The fraction of sp³-hybridized carbons (Fsp3) is 0.545. The van der Waals surface area contributed by atoms with Gasteiger partial charge in [-0.15, -0.1) is 0 Å². The predicted molar refractivity (Wildman–Crippen MR) is 106 cm³/mol. The lowest BCUT2D eigenvalue weighted by Crippen LogP contribution is -2.44. The van der Waals surface area contributed by atoms with Crippen LogP contribution in [0.5, 0.6) is 0 Å². The number of carbonyl (C=O) groups excluding carboxylic acids is 2. The van der Waals surface area contributed by atoms with Crippen LogP contribution in [0.1, 0.15) is 47.1 Å². The largest absolute Gasteiger partial charge is 0.465 e. The van der Waals surface area contributed by atoms with Crippen molar-refractivity contribution in [2.24, 2.45) is 11.3 Å². The van der Waals surface area contributed by atoms with Gasteiger partial charge >= 0.3 is 12.1 Å². The van der Waals surface area contributed by atoms with Crippen molar-refractivity contribution in [2.45, 2.75) is 47.1 Å². The molecular weight excluding hydrogens is 361 g/mol. The van der Waals surface area contributed by atoms with Crippen LogP contribution in [0.25, 0.3) is 5.57 Å². The molecule has 1 atom stereocenters. The van der Waals surface area contributed by atoms with Gasteiger partial charge in [0.05, 0.1) is 12.5 Å². The van der Waals surface area contributed by atoms with Crippen molar-refractivity contribution in [2.75, 3.05) is 19.7 Å². The van der Waals surface area contributed by atoms with Gasteiger partial charge in [-0.25, -0.2) is 9.18 Å². The van der Waals surface area contributed by atoms with Gasteiger partial charge in [-0.3, -0.25) is 4.79 Å². The van der Waals surface area contributed by atoms with Crippen LogP contribution in [0.3, 0.4) is 0 Å². The fourth-order valence-corrected chi connectivity index (χ4v) is 2.77. The molecular formula is C22H30FNO4. The zero-order valence-corrected chi connectivity index (χ0v) is 17.5. The summed E-state index contributed by atoms with van der Waals surface area (Å²) in [4.78, 5) is 26.8. The molecule has 154 valence electrons. The van der Waals surface area contributed by atoms with E-state index in [0.29, 0.717) is 6.54 Å². The Kier molecular flexibility index (Phi) is 6.52. The smallest absolute Gasteiger partial charge is 0.410 e. The summed E-state index contributed by atoms with van der Waals surface area (Å²) in [6.07, 6.45) is 1.33. The first-order valence-electron chi connectivity index (χ1n) is 9.46. The van der Waals surface area contributed by atoms with Crippen molar-refractivity contribution < 1.29 is 23.5 Å². The summed E-state index contributed by atoms with van der Waals surface area (Å²) in [5, 5.41) is 0. The van der Waals surface area contributed by atoms with E-state index < -0.39 is 23.6 Å². The van der Waals surface area contributed by atoms with Gasteiger partial charge in [0.2, 0.25) is 0 Å². The van der Waals surface area contributed by atoms with Gasteiger partial charge in [0, 0.05) is 13.1 Å². The van der Waals surface area contributed by atoms with Crippen LogP contribution in [0, 0.1) is 17.2 Å². The molecule has 0 aromatic heterocycles. The van der Waals surface area contributed by atoms with Gasteiger partial charge in [0.25, 0.3) is 0 Å². The molecule has 0 saturated heterocycles. The highest BCUT2D eigenvalue weighted by atomic mass is 19.1. The molecule has 28 heavy (non-hydrogen) atoms. The number of benzene rings is 1. The van der Waals surface area contributed by atoms with Crippen molar-refractivity contribution in [3.8, 4) is 0 Å². The minimum Gasteiger partial charge on any atom is -0.465 e. The SMILES string of the molecule is CC(C)(C)COC(=O)[C@@H]1CN(C(=O)OC(C)(C)C)CC=C1c1ccc(F)cc1. The molecule has 0 bridgehead atoms. The van der Waals surface area contributed by atoms with E-state index in [0.717, 1.165) is 11.1 Å². The number of ether oxygens (including phenoxy) is 2. The number of halogens is 1. The average molecular weight is 391 g/mol. The number of amides is 1. The van der Waals surface area contributed by atoms with Crippen LogP contribution in [0.4, 0.5) is 9.18 Å². The second-order valence-corrected chi connectivity index (χ2v) is 9.27. The molecule has 0 aliphatic carbocycles. The summed E-state index contributed by atoms with van der Waals surface area (Å²) < 4.78 is 24.3. The zero-order chi connectivity index (χ0) is 21.1. The van der Waals surface area contributed by atoms with Crippen molar-refractivity contribution in [1.82, 2.24) is 4.90 Å². The van der Waals surface area contributed by atoms with E-state index >= 15 is 0 Å². The van der Waals surface area contributed by atoms with E-state index in [2.05, 4.69) is 0 Å². The van der Waals surface area contributed by atoms with Gasteiger partial charge in [0.15, 0.2) is 0 Å². The number of rotatable bonds is 3. The van der Waals surface area contributed by atoms with Crippen LogP contribution in [-0.4, -0.2) is 42.3 Å². The van der Waals surface area contributed by atoms with Crippen LogP contribution in [0.2, 0.25) is 0 Å². The highest BCUT2D eigenvalue weighted by Gasteiger charge is 2.35. The molecule has 1 amide bonds. The highest BCUT2D eigenvalue weighted by molar-refractivity contribution is 5.90. The maximum Gasteiger partial charge on any atom is 0.410 e. The third-order valence-corrected chi connectivity index (χ3v) is 4.07. The molecule has 1 aromatic rings. The number of esters is 1. The molecule has 0 fully saturated rings. The first kappa shape index (κ1) is 21.9. The third-order valence-electron chi connectivity index (χ3n) is 4.07. The third kappa shape index (κ3) is 6.36. The Balaban J connectivity index is 2.26. The topological polar surface area (TPSA) is 55.8 Å². The van der Waals surface area contributed by atoms with Crippen molar-refractivity contribution in [3.05, 3.63) is 41.7 Å². The van der Waals surface area contributed by atoms with Gasteiger partial charge in [-0.2, -0.15) is 0 Å². The van der Waals surface area contributed by atoms with E-state index in [1.807, 2.05) is 26.8 Å². The quantitative estimate of drug-likeness (QED) is 0.703. The first-order chi connectivity index (χ1) is 12.9. The number of hydrogen-bond acceptors (Lipinski definition) is 4. The number of hydrogen-bond donors (Lipinski definition) is 0. The van der Waals surface area contributed by atoms with E-state index in [-0.39, 0.29) is 24.4 Å². The van der Waals surface area contributed by atoms with Gasteiger partial charge in [-0.1, -0.05) is 39.0 Å². The highest BCUT2D eigenvalue weighted by Crippen LogP contribution is 2.30. The molecule has 5 nitrogen and oxygen atoms in total. The molecule has 0 spiro atoms. The molecule has 0 saturated carbocycles. The van der Waals surface area contributed by atoms with E-state index in [4.69, 9.17) is 9.47 Å². The lowest BCUT2D eigenvalue weighted by molar-refractivity contribution is -0.149. The summed E-state index contributed by atoms with van der Waals surface area (Å²) in [6.45, 7) is 12.1. The van der Waals surface area contributed by atoms with Gasteiger partial charge in [0.1, 0.15) is 11.4 Å². The molecule has 2 rings (SSSR count). The lowest BCUT2D eigenvalue weighted by atomic mass is 9.89. The minimum atomic E-state index is -0.658. The monoisotopic (exact) mass is 391 g/mol. The normalized spacial score (nSPS) is 17.8. The zero-order valence-electron chi connectivity index (χ0n) is 17.5. The Morgan fingerprint density at radius 3 is 2.25 bits per heavy atom. The molecule has 0 N–H and O–H groups in total. The maximum absolute atomic E-state index is 13.3. The molecule has 1 aliphatic rings. The average Bonchev–Trinajstić information content (AvgIpc) is 2.58. The number of carbonyl (C=O) groups is 2. The molecule has 0 unspecified atom stereocenters. The van der Waals surface area contributed by atoms with Crippen molar-refractivity contribution in [1.29, 1.82) is 0 Å².